The Morgan fingerprint density at radius 3 is 2.61 bits per heavy atom. The molecule has 0 unspecified atom stereocenters. The van der Waals surface area contributed by atoms with Crippen molar-refractivity contribution < 1.29 is 9.47 Å². The van der Waals surface area contributed by atoms with Crippen LogP contribution in [-0.2, 0) is 13.1 Å². The number of rotatable bonds is 8. The van der Waals surface area contributed by atoms with Gasteiger partial charge >= 0.3 is 0 Å². The normalized spacial score (nSPS) is 11.3. The molecular weight excluding hydrogens is 392 g/mol. The van der Waals surface area contributed by atoms with Gasteiger partial charge in [-0.15, -0.1) is 0 Å². The molecule has 164 valence electrons. The molecule has 3 rings (SSSR count). The van der Waals surface area contributed by atoms with Gasteiger partial charge in [-0.3, -0.25) is 5.10 Å². The predicted molar refractivity (Wildman–Crippen MR) is 122 cm³/mol. The van der Waals surface area contributed by atoms with Gasteiger partial charge in [-0.1, -0.05) is 18.2 Å². The molecule has 0 amide bonds. The Bertz CT molecular complexity index is 1020. The average Bonchev–Trinajstić information content (AvgIpc) is 3.33. The topological polar surface area (TPSA) is 87.7 Å². The lowest BCUT2D eigenvalue weighted by molar-refractivity contribution is 0.353. The SMILES string of the molecule is CCNC(=NCc1cccc(-c2ncn[nH]2)c1)N(C)Cc1cc(OC)c(OC)cc1C. The highest BCUT2D eigenvalue weighted by Crippen LogP contribution is 2.30. The second-order valence-electron chi connectivity index (χ2n) is 7.19. The lowest BCUT2D eigenvalue weighted by Crippen LogP contribution is -2.38. The molecule has 0 radical (unpaired) electrons. The number of nitrogens with zero attached hydrogens (tertiary/aromatic N) is 4. The molecule has 2 aromatic carbocycles. The monoisotopic (exact) mass is 422 g/mol. The first-order valence-corrected chi connectivity index (χ1v) is 10.2. The average molecular weight is 423 g/mol. The summed E-state index contributed by atoms with van der Waals surface area (Å²) < 4.78 is 10.9. The zero-order valence-corrected chi connectivity index (χ0v) is 18.8. The summed E-state index contributed by atoms with van der Waals surface area (Å²) in [5.41, 5.74) is 4.38. The molecule has 0 fully saturated rings. The smallest absolute Gasteiger partial charge is 0.194 e. The van der Waals surface area contributed by atoms with E-state index in [4.69, 9.17) is 14.5 Å². The molecule has 1 heterocycles. The molecule has 1 aromatic heterocycles. The number of hydrogen-bond donors (Lipinski definition) is 2. The van der Waals surface area contributed by atoms with Crippen molar-refractivity contribution in [2.45, 2.75) is 26.9 Å². The summed E-state index contributed by atoms with van der Waals surface area (Å²) in [5.74, 6) is 3.04. The third-order valence-corrected chi connectivity index (χ3v) is 4.97. The van der Waals surface area contributed by atoms with Gasteiger partial charge in [0.05, 0.1) is 20.8 Å². The Labute approximate surface area is 183 Å². The fraction of sp³-hybridized carbons (Fsp3) is 0.348. The van der Waals surface area contributed by atoms with Gasteiger partial charge in [-0.25, -0.2) is 9.98 Å². The Balaban J connectivity index is 1.77. The van der Waals surface area contributed by atoms with Crippen LogP contribution in [-0.4, -0.2) is 53.9 Å². The number of ether oxygens (including phenoxy) is 2. The molecule has 3 aromatic rings. The fourth-order valence-electron chi connectivity index (χ4n) is 3.32. The number of methoxy groups -OCH3 is 2. The van der Waals surface area contributed by atoms with E-state index >= 15 is 0 Å². The number of H-pyrrole nitrogens is 1. The van der Waals surface area contributed by atoms with Crippen LogP contribution in [0.2, 0.25) is 0 Å². The predicted octanol–water partition coefficient (Wildman–Crippen LogP) is 3.39. The molecule has 31 heavy (non-hydrogen) atoms. The highest BCUT2D eigenvalue weighted by atomic mass is 16.5. The zero-order chi connectivity index (χ0) is 22.2. The zero-order valence-electron chi connectivity index (χ0n) is 18.8. The van der Waals surface area contributed by atoms with Gasteiger partial charge < -0.3 is 19.7 Å². The van der Waals surface area contributed by atoms with Crippen LogP contribution in [0.5, 0.6) is 11.5 Å². The van der Waals surface area contributed by atoms with Crippen molar-refractivity contribution in [2.24, 2.45) is 4.99 Å². The minimum atomic E-state index is 0.555. The van der Waals surface area contributed by atoms with Crippen molar-refractivity contribution >= 4 is 5.96 Å². The minimum Gasteiger partial charge on any atom is -0.493 e. The molecular formula is C23H30N6O2. The summed E-state index contributed by atoms with van der Waals surface area (Å²) in [4.78, 5) is 11.2. The second-order valence-corrected chi connectivity index (χ2v) is 7.19. The Hall–Kier alpha value is -3.55. The summed E-state index contributed by atoms with van der Waals surface area (Å²) in [6.07, 6.45) is 1.51. The van der Waals surface area contributed by atoms with Gasteiger partial charge in [0.2, 0.25) is 0 Å². The first-order valence-electron chi connectivity index (χ1n) is 10.2. The Morgan fingerprint density at radius 1 is 1.16 bits per heavy atom. The number of guanidine groups is 1. The maximum atomic E-state index is 5.47. The van der Waals surface area contributed by atoms with E-state index in [0.29, 0.717) is 13.1 Å². The maximum Gasteiger partial charge on any atom is 0.194 e. The van der Waals surface area contributed by atoms with Crippen molar-refractivity contribution in [3.05, 3.63) is 59.4 Å². The third kappa shape index (κ3) is 5.53. The van der Waals surface area contributed by atoms with Crippen LogP contribution in [0.15, 0.2) is 47.7 Å². The summed E-state index contributed by atoms with van der Waals surface area (Å²) in [6.45, 7) is 6.17. The highest BCUT2D eigenvalue weighted by molar-refractivity contribution is 5.79. The number of aliphatic imine (C=N–C) groups is 1. The summed E-state index contributed by atoms with van der Waals surface area (Å²) >= 11 is 0. The van der Waals surface area contributed by atoms with Gasteiger partial charge in [-0.2, -0.15) is 5.10 Å². The molecule has 0 aliphatic heterocycles. The third-order valence-electron chi connectivity index (χ3n) is 4.97. The van der Waals surface area contributed by atoms with E-state index in [-0.39, 0.29) is 0 Å². The van der Waals surface area contributed by atoms with Gasteiger partial charge in [0, 0.05) is 25.7 Å². The van der Waals surface area contributed by atoms with Gasteiger partial charge in [0.1, 0.15) is 6.33 Å². The summed E-state index contributed by atoms with van der Waals surface area (Å²) in [5, 5.41) is 10.2. The van der Waals surface area contributed by atoms with Gasteiger partial charge in [-0.05, 0) is 48.7 Å². The van der Waals surface area contributed by atoms with Gasteiger partial charge in [0.15, 0.2) is 23.3 Å². The number of aromatic amines is 1. The van der Waals surface area contributed by atoms with E-state index in [2.05, 4.69) is 51.4 Å². The Morgan fingerprint density at radius 2 is 1.94 bits per heavy atom. The fourth-order valence-corrected chi connectivity index (χ4v) is 3.32. The van der Waals surface area contributed by atoms with Crippen molar-refractivity contribution in [3.8, 4) is 22.9 Å². The quantitative estimate of drug-likeness (QED) is 0.427. The minimum absolute atomic E-state index is 0.555. The van der Waals surface area contributed by atoms with Crippen LogP contribution >= 0.6 is 0 Å². The number of hydrogen-bond acceptors (Lipinski definition) is 5. The standard InChI is InChI=1S/C23H30N6O2/c1-6-24-23(25-13-17-8-7-9-18(11-17)22-26-15-27-28-22)29(3)14-19-12-21(31-5)20(30-4)10-16(19)2/h7-12,15H,6,13-14H2,1-5H3,(H,24,25)(H,26,27,28). The van der Waals surface area contributed by atoms with Crippen molar-refractivity contribution in [1.29, 1.82) is 0 Å². The molecule has 0 aliphatic rings. The molecule has 0 saturated carbocycles. The summed E-state index contributed by atoms with van der Waals surface area (Å²) in [7, 11) is 5.33. The van der Waals surface area contributed by atoms with E-state index in [0.717, 1.165) is 52.1 Å². The molecule has 0 aliphatic carbocycles. The number of aryl methyl sites for hydroxylation is 1. The van der Waals surface area contributed by atoms with Gasteiger partial charge in [0.25, 0.3) is 0 Å². The highest BCUT2D eigenvalue weighted by Gasteiger charge is 2.13. The van der Waals surface area contributed by atoms with Crippen LogP contribution in [0, 0.1) is 6.92 Å². The molecule has 2 N–H and O–H groups in total. The lowest BCUT2D eigenvalue weighted by atomic mass is 10.1. The lowest BCUT2D eigenvalue weighted by Gasteiger charge is -2.23. The number of nitrogens with one attached hydrogen (secondary N) is 2. The molecule has 0 spiro atoms. The second kappa shape index (κ2) is 10.5. The van der Waals surface area contributed by atoms with Crippen LogP contribution in [0.3, 0.4) is 0 Å². The van der Waals surface area contributed by atoms with E-state index < -0.39 is 0 Å². The largest absolute Gasteiger partial charge is 0.493 e. The molecule has 0 saturated heterocycles. The molecule has 8 nitrogen and oxygen atoms in total. The van der Waals surface area contributed by atoms with E-state index in [1.54, 1.807) is 14.2 Å². The first-order chi connectivity index (χ1) is 15.0. The van der Waals surface area contributed by atoms with Crippen LogP contribution in [0.4, 0.5) is 0 Å². The molecule has 0 atom stereocenters. The first kappa shape index (κ1) is 22.1. The van der Waals surface area contributed by atoms with E-state index in [9.17, 15) is 0 Å². The van der Waals surface area contributed by atoms with E-state index in [1.165, 1.54) is 6.33 Å². The number of benzene rings is 2. The number of aromatic nitrogens is 3. The van der Waals surface area contributed by atoms with E-state index in [1.807, 2.05) is 31.3 Å². The van der Waals surface area contributed by atoms with Crippen LogP contribution in [0.25, 0.3) is 11.4 Å². The van der Waals surface area contributed by atoms with Crippen molar-refractivity contribution in [2.75, 3.05) is 27.8 Å². The van der Waals surface area contributed by atoms with Crippen molar-refractivity contribution in [3.63, 3.8) is 0 Å². The Kier molecular flexibility index (Phi) is 7.48. The molecule has 8 heteroatoms. The molecule has 0 bridgehead atoms. The van der Waals surface area contributed by atoms with Crippen molar-refractivity contribution in [1.82, 2.24) is 25.4 Å². The van der Waals surface area contributed by atoms with Crippen LogP contribution < -0.4 is 14.8 Å². The summed E-state index contributed by atoms with van der Waals surface area (Å²) in [6, 6.07) is 12.2. The van der Waals surface area contributed by atoms with Crippen LogP contribution in [0.1, 0.15) is 23.6 Å². The maximum absolute atomic E-state index is 5.47.